The molecule has 1 amide bonds. The van der Waals surface area contributed by atoms with Crippen molar-refractivity contribution in [1.82, 2.24) is 18.3 Å². The van der Waals surface area contributed by atoms with Crippen LogP contribution in [0.25, 0.3) is 0 Å². The molecule has 1 saturated heterocycles. The molecule has 1 aromatic heterocycles. The van der Waals surface area contributed by atoms with E-state index in [4.69, 9.17) is 4.42 Å². The van der Waals surface area contributed by atoms with Crippen molar-refractivity contribution in [2.75, 3.05) is 37.2 Å². The molecule has 3 rings (SSSR count). The second-order valence-electron chi connectivity index (χ2n) is 8.08. The first-order valence-electron chi connectivity index (χ1n) is 11.2. The second kappa shape index (κ2) is 10.8. The van der Waals surface area contributed by atoms with Crippen LogP contribution in [0.15, 0.2) is 28.9 Å². The Morgan fingerprint density at radius 1 is 1.09 bits per heavy atom. The van der Waals surface area contributed by atoms with Gasteiger partial charge in [-0.2, -0.15) is 17.7 Å². The number of sulfonamides is 1. The molecule has 0 atom stereocenters. The second-order valence-corrected chi connectivity index (χ2v) is 11.8. The molecule has 0 radical (unpaired) electrons. The number of nitrogens with zero attached hydrogens (tertiary/aromatic N) is 3. The third-order valence-electron chi connectivity index (χ3n) is 5.46. The molecule has 0 unspecified atom stereocenters. The minimum atomic E-state index is -4.19. The van der Waals surface area contributed by atoms with E-state index in [0.717, 1.165) is 33.8 Å². The van der Waals surface area contributed by atoms with Crippen molar-refractivity contribution in [1.29, 1.82) is 0 Å². The number of hydrogen-bond acceptors (Lipinski definition) is 8. The van der Waals surface area contributed by atoms with Gasteiger partial charge in [0.15, 0.2) is 5.69 Å². The van der Waals surface area contributed by atoms with Crippen LogP contribution < -0.4 is 10.0 Å². The summed E-state index contributed by atoms with van der Waals surface area (Å²) in [5.74, 6) is -0.919. The largest absolute Gasteiger partial charge is 0.431 e. The van der Waals surface area contributed by atoms with E-state index in [1.807, 2.05) is 36.8 Å². The Hall–Kier alpha value is -2.48. The van der Waals surface area contributed by atoms with Gasteiger partial charge in [0.1, 0.15) is 6.26 Å². The van der Waals surface area contributed by atoms with Gasteiger partial charge in [0, 0.05) is 31.9 Å². The molecular weight excluding hydrogens is 482 g/mol. The molecule has 2 aromatic rings. The standard InChI is InChI=1S/C21H31N5O6S2/c1-4-13-33(28,29)25-9-6-10-26(12-11-25)34(30,31)24-20(27)19-15-32-21(23-19)22-18-14-16(3)7-8-17(18)5-2/h7-8,14-15H,4-6,9-13H2,1-3H3,(H,22,23)(H,24,27). The van der Waals surface area contributed by atoms with Crippen LogP contribution in [0.4, 0.5) is 11.7 Å². The highest BCUT2D eigenvalue weighted by molar-refractivity contribution is 7.89. The predicted molar refractivity (Wildman–Crippen MR) is 129 cm³/mol. The van der Waals surface area contributed by atoms with Gasteiger partial charge in [-0.25, -0.2) is 17.4 Å². The number of carbonyl (C=O) groups excluding carboxylic acids is 1. The number of benzene rings is 1. The predicted octanol–water partition coefficient (Wildman–Crippen LogP) is 2.01. The van der Waals surface area contributed by atoms with Crippen molar-refractivity contribution in [3.63, 3.8) is 0 Å². The first-order chi connectivity index (χ1) is 16.1. The zero-order chi connectivity index (χ0) is 24.9. The summed E-state index contributed by atoms with van der Waals surface area (Å²) < 4.78 is 59.9. The fourth-order valence-electron chi connectivity index (χ4n) is 3.68. The van der Waals surface area contributed by atoms with Crippen LogP contribution in [0.5, 0.6) is 0 Å². The lowest BCUT2D eigenvalue weighted by Crippen LogP contribution is -2.45. The molecule has 13 heteroatoms. The maximum atomic E-state index is 12.8. The molecule has 0 saturated carbocycles. The Balaban J connectivity index is 1.65. The molecule has 0 aliphatic carbocycles. The number of aryl methyl sites for hydroxylation is 2. The highest BCUT2D eigenvalue weighted by atomic mass is 32.2. The Morgan fingerprint density at radius 3 is 2.50 bits per heavy atom. The fraction of sp³-hybridized carbons (Fsp3) is 0.524. The Kier molecular flexibility index (Phi) is 8.34. The molecule has 0 spiro atoms. The molecule has 1 aliphatic heterocycles. The quantitative estimate of drug-likeness (QED) is 0.519. The molecule has 2 heterocycles. The summed E-state index contributed by atoms with van der Waals surface area (Å²) in [5.41, 5.74) is 2.66. The van der Waals surface area contributed by atoms with E-state index in [-0.39, 0.29) is 43.6 Å². The van der Waals surface area contributed by atoms with Crippen LogP contribution in [0.2, 0.25) is 0 Å². The third-order valence-corrected chi connectivity index (χ3v) is 9.02. The average molecular weight is 514 g/mol. The summed E-state index contributed by atoms with van der Waals surface area (Å²) in [6.07, 6.45) is 2.67. The van der Waals surface area contributed by atoms with Crippen molar-refractivity contribution in [3.05, 3.63) is 41.3 Å². The van der Waals surface area contributed by atoms with E-state index in [2.05, 4.69) is 10.3 Å². The highest BCUT2D eigenvalue weighted by Gasteiger charge is 2.31. The molecule has 34 heavy (non-hydrogen) atoms. The lowest BCUT2D eigenvalue weighted by Gasteiger charge is -2.21. The lowest BCUT2D eigenvalue weighted by atomic mass is 10.1. The Bertz CT molecular complexity index is 1230. The summed E-state index contributed by atoms with van der Waals surface area (Å²) in [6, 6.07) is 5.96. The Labute approximate surface area is 200 Å². The number of aromatic nitrogens is 1. The third kappa shape index (κ3) is 6.34. The van der Waals surface area contributed by atoms with Gasteiger partial charge in [-0.3, -0.25) is 4.79 Å². The number of anilines is 2. The number of hydrogen-bond donors (Lipinski definition) is 2. The molecule has 2 N–H and O–H groups in total. The smallest absolute Gasteiger partial charge is 0.304 e. The number of rotatable bonds is 9. The average Bonchev–Trinajstić information content (AvgIpc) is 3.07. The molecule has 1 aliphatic rings. The molecule has 1 fully saturated rings. The number of amides is 1. The minimum absolute atomic E-state index is 0.0152. The van der Waals surface area contributed by atoms with E-state index < -0.39 is 26.1 Å². The topological polar surface area (TPSA) is 142 Å². The van der Waals surface area contributed by atoms with E-state index in [9.17, 15) is 21.6 Å². The van der Waals surface area contributed by atoms with Gasteiger partial charge in [-0.1, -0.05) is 26.0 Å². The van der Waals surface area contributed by atoms with Gasteiger partial charge in [0.05, 0.1) is 5.75 Å². The van der Waals surface area contributed by atoms with Crippen LogP contribution in [0, 0.1) is 6.92 Å². The monoisotopic (exact) mass is 513 g/mol. The van der Waals surface area contributed by atoms with Gasteiger partial charge in [-0.05, 0) is 43.4 Å². The molecular formula is C21H31N5O6S2. The van der Waals surface area contributed by atoms with Crippen molar-refractivity contribution < 1.29 is 26.0 Å². The van der Waals surface area contributed by atoms with Crippen LogP contribution >= 0.6 is 0 Å². The van der Waals surface area contributed by atoms with Crippen LogP contribution in [-0.2, 0) is 26.7 Å². The first kappa shape index (κ1) is 26.1. The van der Waals surface area contributed by atoms with Crippen molar-refractivity contribution in [3.8, 4) is 0 Å². The summed E-state index contributed by atoms with van der Waals surface area (Å²) in [7, 11) is -7.62. The van der Waals surface area contributed by atoms with E-state index >= 15 is 0 Å². The molecule has 1 aromatic carbocycles. The normalized spacial score (nSPS) is 16.2. The number of nitrogens with one attached hydrogen (secondary N) is 2. The van der Waals surface area contributed by atoms with Crippen molar-refractivity contribution in [2.45, 2.75) is 40.0 Å². The number of carbonyl (C=O) groups is 1. The lowest BCUT2D eigenvalue weighted by molar-refractivity contribution is 0.0974. The van der Waals surface area contributed by atoms with Crippen LogP contribution in [0.1, 0.15) is 48.3 Å². The zero-order valence-corrected chi connectivity index (χ0v) is 21.2. The van der Waals surface area contributed by atoms with Gasteiger partial charge < -0.3 is 9.73 Å². The van der Waals surface area contributed by atoms with Gasteiger partial charge in [-0.15, -0.1) is 0 Å². The van der Waals surface area contributed by atoms with Crippen molar-refractivity contribution in [2.24, 2.45) is 0 Å². The fourth-order valence-corrected chi connectivity index (χ4v) is 6.38. The zero-order valence-electron chi connectivity index (χ0n) is 19.6. The van der Waals surface area contributed by atoms with Crippen LogP contribution in [-0.4, -0.2) is 68.3 Å². The SMILES string of the molecule is CCCS(=O)(=O)N1CCCN(S(=O)(=O)NC(=O)c2coc(Nc3cc(C)ccc3CC)n2)CC1. The van der Waals surface area contributed by atoms with Crippen molar-refractivity contribution >= 4 is 37.8 Å². The number of oxazole rings is 1. The van der Waals surface area contributed by atoms with Gasteiger partial charge in [0.25, 0.3) is 11.9 Å². The summed E-state index contributed by atoms with van der Waals surface area (Å²) in [4.78, 5) is 16.6. The van der Waals surface area contributed by atoms with Gasteiger partial charge in [0.2, 0.25) is 10.0 Å². The maximum absolute atomic E-state index is 12.8. The van der Waals surface area contributed by atoms with Crippen LogP contribution in [0.3, 0.4) is 0 Å². The summed E-state index contributed by atoms with van der Waals surface area (Å²) in [5, 5.41) is 3.02. The molecule has 0 bridgehead atoms. The summed E-state index contributed by atoms with van der Waals surface area (Å²) >= 11 is 0. The first-order valence-corrected chi connectivity index (χ1v) is 14.2. The van der Waals surface area contributed by atoms with E-state index in [1.54, 1.807) is 6.92 Å². The Morgan fingerprint density at radius 2 is 1.79 bits per heavy atom. The van der Waals surface area contributed by atoms with E-state index in [1.165, 1.54) is 4.31 Å². The molecule has 188 valence electrons. The maximum Gasteiger partial charge on any atom is 0.304 e. The minimum Gasteiger partial charge on any atom is -0.431 e. The highest BCUT2D eigenvalue weighted by Crippen LogP contribution is 2.23. The summed E-state index contributed by atoms with van der Waals surface area (Å²) in [6.45, 7) is 6.05. The van der Waals surface area contributed by atoms with Gasteiger partial charge >= 0.3 is 10.2 Å². The van der Waals surface area contributed by atoms with E-state index in [0.29, 0.717) is 12.8 Å². The molecule has 11 nitrogen and oxygen atoms in total.